The van der Waals surface area contributed by atoms with Crippen molar-refractivity contribution in [3.63, 3.8) is 0 Å². The number of hydrogen-bond acceptors (Lipinski definition) is 3. The van der Waals surface area contributed by atoms with Gasteiger partial charge in [0, 0.05) is 6.08 Å². The molecular formula is C13H14O5. The highest BCUT2D eigenvalue weighted by molar-refractivity contribution is 5.87. The van der Waals surface area contributed by atoms with Gasteiger partial charge >= 0.3 is 11.9 Å². The monoisotopic (exact) mass is 250 g/mol. The van der Waals surface area contributed by atoms with Gasteiger partial charge in [-0.25, -0.2) is 9.59 Å². The second-order valence-electron chi connectivity index (χ2n) is 3.08. The first-order valence-electron chi connectivity index (χ1n) is 5.02. The Hall–Kier alpha value is -2.56. The van der Waals surface area contributed by atoms with Crippen LogP contribution in [0, 0.1) is 0 Å². The Morgan fingerprint density at radius 1 is 1.06 bits per heavy atom. The van der Waals surface area contributed by atoms with Gasteiger partial charge in [0.2, 0.25) is 0 Å². The molecule has 0 saturated heterocycles. The van der Waals surface area contributed by atoms with E-state index >= 15 is 0 Å². The van der Waals surface area contributed by atoms with Crippen molar-refractivity contribution in [2.75, 3.05) is 0 Å². The Morgan fingerprint density at radius 2 is 1.61 bits per heavy atom. The van der Waals surface area contributed by atoms with Crippen LogP contribution in [0.2, 0.25) is 0 Å². The molecule has 1 aromatic carbocycles. The van der Waals surface area contributed by atoms with Crippen molar-refractivity contribution in [3.8, 4) is 5.75 Å². The molecule has 18 heavy (non-hydrogen) atoms. The number of benzene rings is 1. The number of aromatic hydroxyl groups is 1. The van der Waals surface area contributed by atoms with E-state index in [4.69, 9.17) is 15.3 Å². The highest BCUT2D eigenvalue weighted by Gasteiger charge is 1.99. The maximum atomic E-state index is 10.2. The fourth-order valence-electron chi connectivity index (χ4n) is 0.853. The number of hydrogen-bond donors (Lipinski definition) is 3. The number of aliphatic carboxylic acids is 1. The van der Waals surface area contributed by atoms with Crippen LogP contribution in [0.4, 0.5) is 0 Å². The quantitative estimate of drug-likeness (QED) is 0.565. The van der Waals surface area contributed by atoms with Crippen LogP contribution in [0.3, 0.4) is 0 Å². The van der Waals surface area contributed by atoms with Gasteiger partial charge in [-0.1, -0.05) is 18.2 Å². The molecule has 0 atom stereocenters. The van der Waals surface area contributed by atoms with Gasteiger partial charge < -0.3 is 15.3 Å². The average molecular weight is 250 g/mol. The van der Waals surface area contributed by atoms with Crippen LogP contribution in [-0.4, -0.2) is 27.3 Å². The smallest absolute Gasteiger partial charge is 0.335 e. The van der Waals surface area contributed by atoms with E-state index in [1.165, 1.54) is 30.3 Å². The Morgan fingerprint density at radius 3 is 2.00 bits per heavy atom. The van der Waals surface area contributed by atoms with E-state index in [0.29, 0.717) is 0 Å². The van der Waals surface area contributed by atoms with Crippen molar-refractivity contribution in [2.45, 2.75) is 6.92 Å². The summed E-state index contributed by atoms with van der Waals surface area (Å²) in [6.07, 6.45) is 5.98. The molecule has 0 unspecified atom stereocenters. The van der Waals surface area contributed by atoms with Gasteiger partial charge in [0.05, 0.1) is 5.56 Å². The zero-order valence-electron chi connectivity index (χ0n) is 9.78. The van der Waals surface area contributed by atoms with Gasteiger partial charge in [0.15, 0.2) is 0 Å². The summed E-state index contributed by atoms with van der Waals surface area (Å²) in [6.45, 7) is 1.83. The van der Waals surface area contributed by atoms with E-state index in [1.807, 2.05) is 6.92 Å². The number of carboxylic acid groups (broad SMARTS) is 2. The third kappa shape index (κ3) is 7.70. The van der Waals surface area contributed by atoms with Crippen molar-refractivity contribution in [3.05, 3.63) is 54.1 Å². The first kappa shape index (κ1) is 15.4. The number of aromatic carboxylic acids is 1. The Kier molecular flexibility index (Phi) is 7.36. The summed E-state index contributed by atoms with van der Waals surface area (Å²) < 4.78 is 0. The molecule has 96 valence electrons. The molecule has 0 radical (unpaired) electrons. The van der Waals surface area contributed by atoms with Crippen LogP contribution in [0.25, 0.3) is 0 Å². The standard InChI is InChI=1S/C7H6O3.C6H8O2/c8-6-3-1-5(2-4-6)7(9)10;1-2-3-4-5-6(7)8/h1-4,8H,(H,9,10);2-5H,1H3,(H,7,8). The topological polar surface area (TPSA) is 94.8 Å². The number of carbonyl (C=O) groups is 2. The van der Waals surface area contributed by atoms with Crippen molar-refractivity contribution in [2.24, 2.45) is 0 Å². The third-order valence-corrected chi connectivity index (χ3v) is 1.66. The van der Waals surface area contributed by atoms with Crippen LogP contribution >= 0.6 is 0 Å². The number of phenolic OH excluding ortho intramolecular Hbond substituents is 1. The van der Waals surface area contributed by atoms with E-state index in [-0.39, 0.29) is 11.3 Å². The molecule has 0 aliphatic heterocycles. The molecule has 0 aliphatic rings. The van der Waals surface area contributed by atoms with Crippen molar-refractivity contribution < 1.29 is 24.9 Å². The molecule has 0 aliphatic carbocycles. The molecule has 5 heteroatoms. The summed E-state index contributed by atoms with van der Waals surface area (Å²) in [7, 11) is 0. The molecule has 3 N–H and O–H groups in total. The summed E-state index contributed by atoms with van der Waals surface area (Å²) in [6, 6.07) is 5.36. The summed E-state index contributed by atoms with van der Waals surface area (Å²) >= 11 is 0. The van der Waals surface area contributed by atoms with Gasteiger partial charge in [-0.2, -0.15) is 0 Å². The predicted octanol–water partition coefficient (Wildman–Crippen LogP) is 2.29. The fourth-order valence-corrected chi connectivity index (χ4v) is 0.853. The lowest BCUT2D eigenvalue weighted by Crippen LogP contribution is -1.93. The van der Waals surface area contributed by atoms with E-state index in [9.17, 15) is 9.59 Å². The van der Waals surface area contributed by atoms with Crippen LogP contribution < -0.4 is 0 Å². The molecule has 5 nitrogen and oxygen atoms in total. The summed E-state index contributed by atoms with van der Waals surface area (Å²) in [5, 5.41) is 25.2. The van der Waals surface area contributed by atoms with Gasteiger partial charge in [0.1, 0.15) is 5.75 Å². The van der Waals surface area contributed by atoms with Gasteiger partial charge in [-0.05, 0) is 31.2 Å². The molecule has 1 rings (SSSR count). The lowest BCUT2D eigenvalue weighted by molar-refractivity contribution is -0.131. The molecular weight excluding hydrogens is 236 g/mol. The molecule has 0 fully saturated rings. The second kappa shape index (κ2) is 8.58. The first-order valence-corrected chi connectivity index (χ1v) is 5.02. The molecule has 0 heterocycles. The maximum Gasteiger partial charge on any atom is 0.335 e. The van der Waals surface area contributed by atoms with E-state index in [1.54, 1.807) is 12.2 Å². The minimum atomic E-state index is -0.986. The van der Waals surface area contributed by atoms with Crippen LogP contribution in [0.1, 0.15) is 17.3 Å². The fraction of sp³-hybridized carbons (Fsp3) is 0.0769. The number of allylic oxidation sites excluding steroid dienone is 3. The Bertz CT molecular complexity index is 443. The average Bonchev–Trinajstić information content (AvgIpc) is 2.30. The summed E-state index contributed by atoms with van der Waals surface area (Å²) in [5.74, 6) is -1.83. The zero-order chi connectivity index (χ0) is 14.0. The summed E-state index contributed by atoms with van der Waals surface area (Å²) in [4.78, 5) is 20.0. The molecule has 0 saturated carbocycles. The number of phenols is 1. The van der Waals surface area contributed by atoms with Crippen LogP contribution in [0.5, 0.6) is 5.75 Å². The Balaban J connectivity index is 0.000000331. The minimum Gasteiger partial charge on any atom is -0.508 e. The highest BCUT2D eigenvalue weighted by atomic mass is 16.4. The van der Waals surface area contributed by atoms with Crippen molar-refractivity contribution >= 4 is 11.9 Å². The molecule has 0 amide bonds. The SMILES string of the molecule is CC=CC=CC(=O)O.O=C(O)c1ccc(O)cc1. The maximum absolute atomic E-state index is 10.2. The van der Waals surface area contributed by atoms with E-state index in [2.05, 4.69) is 0 Å². The zero-order valence-corrected chi connectivity index (χ0v) is 9.78. The van der Waals surface area contributed by atoms with Gasteiger partial charge in [-0.3, -0.25) is 0 Å². The van der Waals surface area contributed by atoms with Crippen molar-refractivity contribution in [1.82, 2.24) is 0 Å². The lowest BCUT2D eigenvalue weighted by Gasteiger charge is -1.92. The number of rotatable bonds is 3. The molecule has 0 spiro atoms. The molecule has 0 aromatic heterocycles. The third-order valence-electron chi connectivity index (χ3n) is 1.66. The highest BCUT2D eigenvalue weighted by Crippen LogP contribution is 2.08. The second-order valence-corrected chi connectivity index (χ2v) is 3.08. The van der Waals surface area contributed by atoms with Crippen LogP contribution in [-0.2, 0) is 4.79 Å². The minimum absolute atomic E-state index is 0.0741. The molecule has 1 aromatic rings. The van der Waals surface area contributed by atoms with E-state index < -0.39 is 11.9 Å². The largest absolute Gasteiger partial charge is 0.508 e. The first-order chi connectivity index (χ1) is 8.47. The van der Waals surface area contributed by atoms with Crippen molar-refractivity contribution in [1.29, 1.82) is 0 Å². The normalized spacial score (nSPS) is 10.1. The Labute approximate surface area is 104 Å². The van der Waals surface area contributed by atoms with Gasteiger partial charge in [0.25, 0.3) is 0 Å². The summed E-state index contributed by atoms with van der Waals surface area (Å²) in [5.41, 5.74) is 0.179. The molecule has 0 bridgehead atoms. The van der Waals surface area contributed by atoms with Gasteiger partial charge in [-0.15, -0.1) is 0 Å². The van der Waals surface area contributed by atoms with E-state index in [0.717, 1.165) is 6.08 Å². The van der Waals surface area contributed by atoms with Crippen LogP contribution in [0.15, 0.2) is 48.6 Å². The number of carboxylic acids is 2. The predicted molar refractivity (Wildman–Crippen MR) is 66.7 cm³/mol. The lowest BCUT2D eigenvalue weighted by atomic mass is 10.2.